The minimum atomic E-state index is -4.74. The summed E-state index contributed by atoms with van der Waals surface area (Å²) < 4.78 is 52.9. The molecular weight excluding hydrogens is 449 g/mol. The first-order chi connectivity index (χ1) is 16.5. The van der Waals surface area contributed by atoms with Crippen LogP contribution in [0.3, 0.4) is 0 Å². The highest BCUT2D eigenvalue weighted by Crippen LogP contribution is 2.35. The summed E-state index contributed by atoms with van der Waals surface area (Å²) in [7, 11) is 0. The molecule has 2 aromatic heterocycles. The summed E-state index contributed by atoms with van der Waals surface area (Å²) in [5, 5.41) is 1.55. The molecule has 0 atom stereocenters. The molecule has 0 saturated carbocycles. The smallest absolute Gasteiger partial charge is 0.493 e. The molecule has 1 N–H and O–H groups in total. The van der Waals surface area contributed by atoms with Gasteiger partial charge >= 0.3 is 6.36 Å². The summed E-state index contributed by atoms with van der Waals surface area (Å²) >= 11 is 0. The van der Waals surface area contributed by atoms with Crippen molar-refractivity contribution in [2.75, 3.05) is 39.5 Å². The van der Waals surface area contributed by atoms with Crippen molar-refractivity contribution in [3.05, 3.63) is 48.9 Å². The summed E-state index contributed by atoms with van der Waals surface area (Å²) in [6, 6.07) is 9.86. The molecule has 10 heteroatoms. The average molecular weight is 472 g/mol. The largest absolute Gasteiger partial charge is 0.573 e. The van der Waals surface area contributed by atoms with E-state index in [0.29, 0.717) is 17.8 Å². The number of alkyl halides is 3. The van der Waals surface area contributed by atoms with Gasteiger partial charge in [-0.2, -0.15) is 0 Å². The zero-order chi connectivity index (χ0) is 23.5. The predicted molar refractivity (Wildman–Crippen MR) is 121 cm³/mol. The molecule has 1 fully saturated rings. The maximum Gasteiger partial charge on any atom is 0.573 e. The van der Waals surface area contributed by atoms with Crippen molar-refractivity contribution in [2.45, 2.75) is 12.8 Å². The monoisotopic (exact) mass is 472 g/mol. The SMILES string of the molecule is FC(F)(F)Oc1ccc2c(-c3ncnc4cc(OCCCN5CCOCC5)ccc34)c[nH]c2c1. The number of hydrogen-bond acceptors (Lipinski definition) is 6. The van der Waals surface area contributed by atoms with Crippen molar-refractivity contribution in [1.82, 2.24) is 19.9 Å². The summed E-state index contributed by atoms with van der Waals surface area (Å²) in [4.78, 5) is 14.2. The van der Waals surface area contributed by atoms with E-state index in [2.05, 4.69) is 24.6 Å². The second-order valence-electron chi connectivity index (χ2n) is 8.01. The summed E-state index contributed by atoms with van der Waals surface area (Å²) in [6.07, 6.45) is -0.629. The van der Waals surface area contributed by atoms with Gasteiger partial charge in [-0.05, 0) is 30.7 Å². The van der Waals surface area contributed by atoms with E-state index in [1.807, 2.05) is 18.2 Å². The number of hydrogen-bond donors (Lipinski definition) is 1. The number of halogens is 3. The molecule has 0 aliphatic carbocycles. The molecule has 1 saturated heterocycles. The molecule has 0 spiro atoms. The van der Waals surface area contributed by atoms with Gasteiger partial charge in [0.25, 0.3) is 0 Å². The molecule has 2 aromatic carbocycles. The number of morpholine rings is 1. The topological polar surface area (TPSA) is 72.5 Å². The molecule has 1 aliphatic heterocycles. The third-order valence-corrected chi connectivity index (χ3v) is 5.74. The van der Waals surface area contributed by atoms with Gasteiger partial charge < -0.3 is 19.2 Å². The Labute approximate surface area is 193 Å². The number of rotatable bonds is 7. The van der Waals surface area contributed by atoms with E-state index in [0.717, 1.165) is 66.9 Å². The fourth-order valence-electron chi connectivity index (χ4n) is 4.14. The van der Waals surface area contributed by atoms with Crippen LogP contribution < -0.4 is 9.47 Å². The van der Waals surface area contributed by atoms with Crippen molar-refractivity contribution in [2.24, 2.45) is 0 Å². The number of benzene rings is 2. The molecule has 178 valence electrons. The lowest BCUT2D eigenvalue weighted by atomic mass is 10.1. The highest BCUT2D eigenvalue weighted by atomic mass is 19.4. The third-order valence-electron chi connectivity index (χ3n) is 5.74. The molecule has 34 heavy (non-hydrogen) atoms. The molecule has 0 unspecified atom stereocenters. The lowest BCUT2D eigenvalue weighted by Gasteiger charge is -2.26. The second kappa shape index (κ2) is 9.47. The highest BCUT2D eigenvalue weighted by molar-refractivity contribution is 6.02. The van der Waals surface area contributed by atoms with E-state index in [1.54, 1.807) is 12.3 Å². The van der Waals surface area contributed by atoms with Crippen LogP contribution in [-0.2, 0) is 4.74 Å². The first-order valence-electron chi connectivity index (χ1n) is 11.0. The Morgan fingerprint density at radius 3 is 2.62 bits per heavy atom. The predicted octanol–water partition coefficient (Wildman–Crippen LogP) is 4.78. The van der Waals surface area contributed by atoms with Crippen LogP contribution in [0, 0.1) is 0 Å². The number of ether oxygens (including phenoxy) is 3. The number of aromatic amines is 1. The average Bonchev–Trinajstić information content (AvgIpc) is 3.24. The van der Waals surface area contributed by atoms with Gasteiger partial charge in [0.05, 0.1) is 31.0 Å². The lowest BCUT2D eigenvalue weighted by Crippen LogP contribution is -2.37. The van der Waals surface area contributed by atoms with Crippen molar-refractivity contribution in [1.29, 1.82) is 0 Å². The standard InChI is InChI=1S/C24H23F3N4O3/c25-24(26,27)34-17-3-4-18-20(14-28-21(18)13-17)23-19-5-2-16(12-22(19)29-15-30-23)33-9-1-6-31-7-10-32-11-8-31/h2-5,12-15,28H,1,6-11H2. The Bertz CT molecular complexity index is 1290. The van der Waals surface area contributed by atoms with Crippen molar-refractivity contribution in [3.63, 3.8) is 0 Å². The number of nitrogens with one attached hydrogen (secondary N) is 1. The summed E-state index contributed by atoms with van der Waals surface area (Å²) in [6.45, 7) is 5.06. The van der Waals surface area contributed by atoms with Crippen LogP contribution in [0.4, 0.5) is 13.2 Å². The first kappa shape index (κ1) is 22.4. The molecule has 0 bridgehead atoms. The van der Waals surface area contributed by atoms with Gasteiger partial charge in [0.2, 0.25) is 0 Å². The van der Waals surface area contributed by atoms with Crippen molar-refractivity contribution >= 4 is 21.8 Å². The molecule has 7 nitrogen and oxygen atoms in total. The second-order valence-corrected chi connectivity index (χ2v) is 8.01. The van der Waals surface area contributed by atoms with E-state index >= 15 is 0 Å². The Balaban J connectivity index is 1.32. The van der Waals surface area contributed by atoms with Crippen LogP contribution in [0.25, 0.3) is 33.1 Å². The van der Waals surface area contributed by atoms with Gasteiger partial charge in [-0.25, -0.2) is 9.97 Å². The number of H-pyrrole nitrogens is 1. The van der Waals surface area contributed by atoms with Crippen LogP contribution in [0.5, 0.6) is 11.5 Å². The van der Waals surface area contributed by atoms with E-state index in [-0.39, 0.29) is 5.75 Å². The van der Waals surface area contributed by atoms with Crippen molar-refractivity contribution in [3.8, 4) is 22.8 Å². The molecule has 0 radical (unpaired) electrons. The Morgan fingerprint density at radius 2 is 1.79 bits per heavy atom. The number of aromatic nitrogens is 3. The van der Waals surface area contributed by atoms with Gasteiger partial charge in [-0.1, -0.05) is 0 Å². The Hall–Kier alpha value is -3.37. The van der Waals surface area contributed by atoms with Gasteiger partial charge in [0.15, 0.2) is 0 Å². The van der Waals surface area contributed by atoms with E-state index in [4.69, 9.17) is 9.47 Å². The highest BCUT2D eigenvalue weighted by Gasteiger charge is 2.31. The van der Waals surface area contributed by atoms with Crippen LogP contribution in [0.2, 0.25) is 0 Å². The maximum atomic E-state index is 12.5. The molecule has 5 rings (SSSR count). The van der Waals surface area contributed by atoms with Crippen LogP contribution >= 0.6 is 0 Å². The zero-order valence-electron chi connectivity index (χ0n) is 18.3. The lowest BCUT2D eigenvalue weighted by molar-refractivity contribution is -0.274. The molecule has 1 aliphatic rings. The quantitative estimate of drug-likeness (QED) is 0.391. The van der Waals surface area contributed by atoms with Gasteiger partial charge in [0.1, 0.15) is 17.8 Å². The minimum Gasteiger partial charge on any atom is -0.493 e. The summed E-state index contributed by atoms with van der Waals surface area (Å²) in [5.74, 6) is 0.448. The van der Waals surface area contributed by atoms with Crippen LogP contribution in [-0.4, -0.2) is 65.7 Å². The van der Waals surface area contributed by atoms with Gasteiger partial charge in [0, 0.05) is 59.8 Å². The summed E-state index contributed by atoms with van der Waals surface area (Å²) in [5.41, 5.74) is 2.69. The number of fused-ring (bicyclic) bond motifs is 2. The van der Waals surface area contributed by atoms with Crippen molar-refractivity contribution < 1.29 is 27.4 Å². The molecule has 0 amide bonds. The van der Waals surface area contributed by atoms with Gasteiger partial charge in [-0.15, -0.1) is 13.2 Å². The van der Waals surface area contributed by atoms with Gasteiger partial charge in [-0.3, -0.25) is 4.90 Å². The molecule has 3 heterocycles. The minimum absolute atomic E-state index is 0.281. The Morgan fingerprint density at radius 1 is 1.00 bits per heavy atom. The maximum absolute atomic E-state index is 12.5. The van der Waals surface area contributed by atoms with E-state index in [1.165, 1.54) is 18.5 Å². The zero-order valence-corrected chi connectivity index (χ0v) is 18.3. The van der Waals surface area contributed by atoms with E-state index < -0.39 is 6.36 Å². The molecular formula is C24H23F3N4O3. The number of nitrogens with zero attached hydrogens (tertiary/aromatic N) is 3. The normalized spacial score (nSPS) is 15.1. The molecule has 4 aromatic rings. The van der Waals surface area contributed by atoms with E-state index in [9.17, 15) is 13.2 Å². The van der Waals surface area contributed by atoms with Crippen LogP contribution in [0.15, 0.2) is 48.9 Å². The Kier molecular flexibility index (Phi) is 6.25. The first-order valence-corrected chi connectivity index (χ1v) is 11.0. The third kappa shape index (κ3) is 5.07. The fraction of sp³-hybridized carbons (Fsp3) is 0.333. The van der Waals surface area contributed by atoms with Crippen LogP contribution in [0.1, 0.15) is 6.42 Å². The fourth-order valence-corrected chi connectivity index (χ4v) is 4.14.